The van der Waals surface area contributed by atoms with E-state index in [4.69, 9.17) is 16.3 Å². The summed E-state index contributed by atoms with van der Waals surface area (Å²) in [6.45, 7) is 9.39. The van der Waals surface area contributed by atoms with Crippen molar-refractivity contribution in [1.82, 2.24) is 19.9 Å². The average molecular weight is 509 g/mol. The van der Waals surface area contributed by atoms with E-state index in [0.29, 0.717) is 39.4 Å². The first-order valence-electron chi connectivity index (χ1n) is 11.6. The summed E-state index contributed by atoms with van der Waals surface area (Å²) in [5.74, 6) is 0.536. The van der Waals surface area contributed by atoms with Crippen LogP contribution in [0, 0.1) is 13.8 Å². The van der Waals surface area contributed by atoms with Crippen molar-refractivity contribution in [2.45, 2.75) is 40.2 Å². The van der Waals surface area contributed by atoms with Gasteiger partial charge < -0.3 is 24.7 Å². The van der Waals surface area contributed by atoms with Gasteiger partial charge in [-0.05, 0) is 58.4 Å². The molecule has 4 rings (SSSR count). The number of aromatic nitrogens is 3. The van der Waals surface area contributed by atoms with Crippen molar-refractivity contribution in [3.8, 4) is 22.8 Å². The molecule has 0 aliphatic heterocycles. The SMILES string of the molecule is CCNC(=O)c1cc2c(-c3cc(C(C)(C)O)cnc3Oc3c(C)ccc(Cl)c3C)cn(C)c(=O)c2[nH]1. The zero-order valence-electron chi connectivity index (χ0n) is 21.1. The summed E-state index contributed by atoms with van der Waals surface area (Å²) in [4.78, 5) is 33.0. The van der Waals surface area contributed by atoms with Gasteiger partial charge in [-0.3, -0.25) is 9.59 Å². The standard InChI is InChI=1S/C27H29ClN4O4/c1-7-29-24(33)21-11-17-19(13-32(6)26(34)22(17)31-21)18-10-16(27(4,5)35)12-30-25(18)36-23-14(2)8-9-20(28)15(23)3/h8-13,31,35H,7H2,1-6H3,(H,29,33). The van der Waals surface area contributed by atoms with Crippen molar-refractivity contribution in [2.75, 3.05) is 6.54 Å². The Morgan fingerprint density at radius 2 is 1.97 bits per heavy atom. The zero-order valence-corrected chi connectivity index (χ0v) is 21.9. The summed E-state index contributed by atoms with van der Waals surface area (Å²) < 4.78 is 7.77. The lowest BCUT2D eigenvalue weighted by Crippen LogP contribution is -2.23. The molecule has 1 amide bonds. The number of hydrogen-bond donors (Lipinski definition) is 3. The van der Waals surface area contributed by atoms with Gasteiger partial charge in [0.25, 0.3) is 11.5 Å². The monoisotopic (exact) mass is 508 g/mol. The van der Waals surface area contributed by atoms with Gasteiger partial charge in [-0.1, -0.05) is 17.7 Å². The van der Waals surface area contributed by atoms with Gasteiger partial charge in [-0.15, -0.1) is 0 Å². The molecule has 0 aliphatic rings. The number of benzene rings is 1. The lowest BCUT2D eigenvalue weighted by atomic mass is 9.96. The number of aromatic amines is 1. The van der Waals surface area contributed by atoms with Crippen LogP contribution in [-0.2, 0) is 12.6 Å². The lowest BCUT2D eigenvalue weighted by molar-refractivity contribution is 0.0782. The van der Waals surface area contributed by atoms with Crippen LogP contribution in [-0.4, -0.2) is 32.1 Å². The third-order valence-electron chi connectivity index (χ3n) is 6.13. The van der Waals surface area contributed by atoms with Crippen LogP contribution in [0.5, 0.6) is 11.6 Å². The van der Waals surface area contributed by atoms with Crippen LogP contribution >= 0.6 is 11.6 Å². The quantitative estimate of drug-likeness (QED) is 0.341. The minimum atomic E-state index is -1.17. The Bertz CT molecular complexity index is 1550. The predicted molar refractivity (Wildman–Crippen MR) is 141 cm³/mol. The molecule has 36 heavy (non-hydrogen) atoms. The number of aryl methyl sites for hydroxylation is 2. The largest absolute Gasteiger partial charge is 0.438 e. The van der Waals surface area contributed by atoms with Crippen LogP contribution in [0.25, 0.3) is 22.0 Å². The van der Waals surface area contributed by atoms with Gasteiger partial charge in [0.2, 0.25) is 5.88 Å². The van der Waals surface area contributed by atoms with Crippen molar-refractivity contribution in [1.29, 1.82) is 0 Å². The highest BCUT2D eigenvalue weighted by atomic mass is 35.5. The number of hydrogen-bond acceptors (Lipinski definition) is 5. The number of nitrogens with zero attached hydrogens (tertiary/aromatic N) is 2. The molecule has 0 spiro atoms. The molecule has 4 aromatic rings. The number of pyridine rings is 2. The van der Waals surface area contributed by atoms with Crippen LogP contribution in [0.4, 0.5) is 0 Å². The third kappa shape index (κ3) is 4.62. The van der Waals surface area contributed by atoms with Gasteiger partial charge >= 0.3 is 0 Å². The fourth-order valence-electron chi connectivity index (χ4n) is 4.04. The lowest BCUT2D eigenvalue weighted by Gasteiger charge is -2.21. The third-order valence-corrected chi connectivity index (χ3v) is 6.54. The molecular weight excluding hydrogens is 480 g/mol. The number of carbonyl (C=O) groups excluding carboxylic acids is 1. The maximum atomic E-state index is 12.9. The topological polar surface area (TPSA) is 109 Å². The van der Waals surface area contributed by atoms with E-state index in [-0.39, 0.29) is 28.6 Å². The molecule has 188 valence electrons. The maximum absolute atomic E-state index is 12.9. The van der Waals surface area contributed by atoms with Gasteiger partial charge in [-0.2, -0.15) is 0 Å². The molecule has 3 heterocycles. The second kappa shape index (κ2) is 9.44. The number of ether oxygens (including phenoxy) is 1. The molecule has 3 N–H and O–H groups in total. The molecule has 0 aliphatic carbocycles. The number of nitrogens with one attached hydrogen (secondary N) is 2. The minimum absolute atomic E-state index is 0.270. The molecule has 3 aromatic heterocycles. The van der Waals surface area contributed by atoms with Crippen molar-refractivity contribution < 1.29 is 14.6 Å². The summed E-state index contributed by atoms with van der Waals surface area (Å²) in [5.41, 5.74) is 2.47. The van der Waals surface area contributed by atoms with E-state index in [2.05, 4.69) is 15.3 Å². The van der Waals surface area contributed by atoms with Gasteiger partial charge in [-0.25, -0.2) is 4.98 Å². The molecule has 8 nitrogen and oxygen atoms in total. The van der Waals surface area contributed by atoms with E-state index in [1.165, 1.54) is 4.57 Å². The second-order valence-electron chi connectivity index (χ2n) is 9.35. The van der Waals surface area contributed by atoms with Crippen molar-refractivity contribution in [3.05, 3.63) is 74.4 Å². The minimum Gasteiger partial charge on any atom is -0.438 e. The maximum Gasteiger partial charge on any atom is 0.274 e. The zero-order chi connectivity index (χ0) is 26.4. The number of halogens is 1. The Hall–Kier alpha value is -3.62. The highest BCUT2D eigenvalue weighted by Crippen LogP contribution is 2.40. The van der Waals surface area contributed by atoms with E-state index in [9.17, 15) is 14.7 Å². The Morgan fingerprint density at radius 1 is 1.25 bits per heavy atom. The van der Waals surface area contributed by atoms with E-state index in [1.54, 1.807) is 45.4 Å². The molecule has 0 atom stereocenters. The summed E-state index contributed by atoms with van der Waals surface area (Å²) in [7, 11) is 1.64. The average Bonchev–Trinajstić information content (AvgIpc) is 3.27. The summed E-state index contributed by atoms with van der Waals surface area (Å²) >= 11 is 6.35. The summed E-state index contributed by atoms with van der Waals surface area (Å²) in [5, 5.41) is 14.5. The molecule has 0 unspecified atom stereocenters. The van der Waals surface area contributed by atoms with Gasteiger partial charge in [0, 0.05) is 58.6 Å². The van der Waals surface area contributed by atoms with Gasteiger partial charge in [0.15, 0.2) is 0 Å². The molecule has 1 aromatic carbocycles. The Morgan fingerprint density at radius 3 is 2.64 bits per heavy atom. The fraction of sp³-hybridized carbons (Fsp3) is 0.296. The van der Waals surface area contributed by atoms with E-state index < -0.39 is 5.60 Å². The second-order valence-corrected chi connectivity index (χ2v) is 9.75. The number of carbonyl (C=O) groups is 1. The number of rotatable bonds is 6. The molecule has 0 saturated carbocycles. The summed E-state index contributed by atoms with van der Waals surface area (Å²) in [6, 6.07) is 7.11. The fourth-order valence-corrected chi connectivity index (χ4v) is 4.19. The van der Waals surface area contributed by atoms with Gasteiger partial charge in [0.05, 0.1) is 5.60 Å². The Labute approximate surface area is 213 Å². The molecule has 0 bridgehead atoms. The molecule has 0 fully saturated rings. The number of H-pyrrole nitrogens is 1. The van der Waals surface area contributed by atoms with Crippen LogP contribution in [0.15, 0.2) is 41.5 Å². The Kier molecular flexibility index (Phi) is 6.68. The molecule has 0 saturated heterocycles. The van der Waals surface area contributed by atoms with E-state index in [1.807, 2.05) is 32.9 Å². The predicted octanol–water partition coefficient (Wildman–Crippen LogP) is 4.97. The van der Waals surface area contributed by atoms with Crippen molar-refractivity contribution in [2.24, 2.45) is 7.05 Å². The van der Waals surface area contributed by atoms with Crippen LogP contribution in [0.2, 0.25) is 5.02 Å². The number of amides is 1. The van der Waals surface area contributed by atoms with Crippen LogP contribution in [0.3, 0.4) is 0 Å². The normalized spacial score (nSPS) is 11.7. The molecule has 0 radical (unpaired) electrons. The first-order valence-corrected chi connectivity index (χ1v) is 12.0. The highest BCUT2D eigenvalue weighted by Gasteiger charge is 2.24. The first-order chi connectivity index (χ1) is 16.9. The van der Waals surface area contributed by atoms with Gasteiger partial charge in [0.1, 0.15) is 17.0 Å². The molecular formula is C27H29ClN4O4. The first kappa shape index (κ1) is 25.5. The van der Waals surface area contributed by atoms with E-state index >= 15 is 0 Å². The van der Waals surface area contributed by atoms with E-state index in [0.717, 1.165) is 11.1 Å². The smallest absolute Gasteiger partial charge is 0.274 e. The van der Waals surface area contributed by atoms with Crippen molar-refractivity contribution >= 4 is 28.4 Å². The highest BCUT2D eigenvalue weighted by molar-refractivity contribution is 6.31. The molecule has 9 heteroatoms. The van der Waals surface area contributed by atoms with Crippen LogP contribution < -0.4 is 15.6 Å². The van der Waals surface area contributed by atoms with Crippen molar-refractivity contribution in [3.63, 3.8) is 0 Å². The Balaban J connectivity index is 2.01. The summed E-state index contributed by atoms with van der Waals surface area (Å²) in [6.07, 6.45) is 3.24. The number of fused-ring (bicyclic) bond motifs is 1. The van der Waals surface area contributed by atoms with Crippen LogP contribution in [0.1, 0.15) is 48.0 Å². The number of aliphatic hydroxyl groups is 1.